The van der Waals surface area contributed by atoms with Gasteiger partial charge in [0.15, 0.2) is 0 Å². The molecule has 5 rings (SSSR count). The normalized spacial score (nSPS) is 18.6. The SMILES string of the molecule is O=C(C=Cc1ccc(Sc2cccc(NC3CCN(C(=O)N4CCCC4)CC3)c2)c(C(F)(F)F)c1C(F)(F)F)N1CCOCC1. The summed E-state index contributed by atoms with van der Waals surface area (Å²) in [4.78, 5) is 29.9. The van der Waals surface area contributed by atoms with E-state index in [9.17, 15) is 35.9 Å². The van der Waals surface area contributed by atoms with E-state index in [-0.39, 0.29) is 38.4 Å². The molecule has 3 aliphatic rings. The van der Waals surface area contributed by atoms with Crippen LogP contribution < -0.4 is 5.32 Å². The number of rotatable bonds is 6. The van der Waals surface area contributed by atoms with Crippen molar-refractivity contribution in [1.29, 1.82) is 0 Å². The maximum absolute atomic E-state index is 14.3. The third-order valence-corrected chi connectivity index (χ3v) is 9.12. The fraction of sp³-hybridized carbons (Fsp3) is 0.484. The smallest absolute Gasteiger partial charge is 0.382 e. The van der Waals surface area contributed by atoms with Gasteiger partial charge in [-0.15, -0.1) is 0 Å². The standard InChI is InChI=1S/C31H34F6N4O3S/c32-30(33,34)27-21(7-9-26(42)39-16-18-44-19-17-39)6-8-25(28(27)31(35,36)37)45-24-5-3-4-23(20-24)38-22-10-14-41(15-11-22)29(43)40-12-1-2-13-40/h3-9,20,22,38H,1-2,10-19H2. The Kier molecular flexibility index (Phi) is 10.2. The van der Waals surface area contributed by atoms with E-state index in [0.29, 0.717) is 48.3 Å². The summed E-state index contributed by atoms with van der Waals surface area (Å²) in [6.45, 7) is 3.73. The highest BCUT2D eigenvalue weighted by Crippen LogP contribution is 2.48. The average molecular weight is 657 g/mol. The topological polar surface area (TPSA) is 65.1 Å². The van der Waals surface area contributed by atoms with Crippen LogP contribution in [0.3, 0.4) is 0 Å². The molecule has 0 unspecified atom stereocenters. The number of alkyl halides is 6. The second kappa shape index (κ2) is 13.9. The molecular weight excluding hydrogens is 622 g/mol. The van der Waals surface area contributed by atoms with Crippen LogP contribution in [0.1, 0.15) is 42.4 Å². The van der Waals surface area contributed by atoms with Gasteiger partial charge in [0.25, 0.3) is 0 Å². The number of amides is 3. The Morgan fingerprint density at radius 2 is 1.47 bits per heavy atom. The number of anilines is 1. The number of carbonyl (C=O) groups excluding carboxylic acids is 2. The second-order valence-electron chi connectivity index (χ2n) is 11.2. The number of benzene rings is 2. The number of likely N-dealkylation sites (tertiary alicyclic amines) is 2. The highest BCUT2D eigenvalue weighted by Gasteiger charge is 2.46. The molecular formula is C31H34F6N4O3S. The molecule has 3 heterocycles. The molecule has 7 nitrogen and oxygen atoms in total. The van der Waals surface area contributed by atoms with Crippen LogP contribution in [0.25, 0.3) is 6.08 Å². The Morgan fingerprint density at radius 1 is 0.822 bits per heavy atom. The minimum absolute atomic E-state index is 0.0293. The van der Waals surface area contributed by atoms with Crippen molar-refractivity contribution in [2.24, 2.45) is 0 Å². The molecule has 14 heteroatoms. The van der Waals surface area contributed by atoms with Crippen molar-refractivity contribution in [3.05, 3.63) is 59.2 Å². The minimum atomic E-state index is -5.34. The lowest BCUT2D eigenvalue weighted by atomic mass is 9.99. The molecule has 2 aromatic rings. The molecule has 0 bridgehead atoms. The fourth-order valence-electron chi connectivity index (χ4n) is 5.80. The molecule has 0 aliphatic carbocycles. The Morgan fingerprint density at radius 3 is 2.11 bits per heavy atom. The molecule has 3 saturated heterocycles. The van der Waals surface area contributed by atoms with E-state index in [4.69, 9.17) is 4.74 Å². The number of halogens is 6. The molecule has 0 radical (unpaired) electrons. The van der Waals surface area contributed by atoms with Crippen molar-refractivity contribution in [2.45, 2.75) is 53.9 Å². The zero-order chi connectivity index (χ0) is 32.2. The summed E-state index contributed by atoms with van der Waals surface area (Å²) in [5, 5.41) is 3.36. The molecule has 2 aromatic carbocycles. The number of nitrogens with one attached hydrogen (secondary N) is 1. The van der Waals surface area contributed by atoms with Crippen molar-refractivity contribution in [3.63, 3.8) is 0 Å². The Balaban J connectivity index is 1.32. The van der Waals surface area contributed by atoms with Gasteiger partial charge in [0.05, 0.1) is 24.3 Å². The summed E-state index contributed by atoms with van der Waals surface area (Å²) in [6, 6.07) is 8.57. The highest BCUT2D eigenvalue weighted by molar-refractivity contribution is 7.99. The van der Waals surface area contributed by atoms with E-state index in [2.05, 4.69) is 5.32 Å². The van der Waals surface area contributed by atoms with Gasteiger partial charge in [-0.1, -0.05) is 23.9 Å². The maximum atomic E-state index is 14.3. The van der Waals surface area contributed by atoms with Gasteiger partial charge in [0.2, 0.25) is 5.91 Å². The molecule has 244 valence electrons. The van der Waals surface area contributed by atoms with Crippen LogP contribution in [0.4, 0.5) is 36.8 Å². The van der Waals surface area contributed by atoms with Crippen molar-refractivity contribution in [2.75, 3.05) is 57.8 Å². The Labute approximate surface area is 261 Å². The first kappa shape index (κ1) is 33.0. The molecule has 0 aromatic heterocycles. The summed E-state index contributed by atoms with van der Waals surface area (Å²) >= 11 is 0.590. The molecule has 0 spiro atoms. The third-order valence-electron chi connectivity index (χ3n) is 8.07. The fourth-order valence-corrected chi connectivity index (χ4v) is 6.84. The molecule has 3 fully saturated rings. The summed E-state index contributed by atoms with van der Waals surface area (Å²) in [7, 11) is 0. The minimum Gasteiger partial charge on any atom is -0.382 e. The number of hydrogen-bond donors (Lipinski definition) is 1. The van der Waals surface area contributed by atoms with Gasteiger partial charge in [-0.05, 0) is 61.6 Å². The van der Waals surface area contributed by atoms with E-state index in [1.54, 1.807) is 18.2 Å². The molecule has 3 aliphatic heterocycles. The highest BCUT2D eigenvalue weighted by atomic mass is 32.2. The molecule has 0 atom stereocenters. The van der Waals surface area contributed by atoms with Crippen LogP contribution >= 0.6 is 11.8 Å². The quantitative estimate of drug-likeness (QED) is 0.273. The maximum Gasteiger partial charge on any atom is 0.418 e. The van der Waals surface area contributed by atoms with Gasteiger partial charge in [-0.3, -0.25) is 4.79 Å². The van der Waals surface area contributed by atoms with E-state index < -0.39 is 39.8 Å². The van der Waals surface area contributed by atoms with Gasteiger partial charge < -0.3 is 24.8 Å². The van der Waals surface area contributed by atoms with E-state index >= 15 is 0 Å². The van der Waals surface area contributed by atoms with Gasteiger partial charge in [-0.2, -0.15) is 26.3 Å². The molecule has 3 amide bonds. The summed E-state index contributed by atoms with van der Waals surface area (Å²) < 4.78 is 90.8. The van der Waals surface area contributed by atoms with Crippen LogP contribution in [-0.4, -0.2) is 85.2 Å². The van der Waals surface area contributed by atoms with Crippen molar-refractivity contribution < 1.29 is 40.7 Å². The lowest BCUT2D eigenvalue weighted by Gasteiger charge is -2.35. The summed E-state index contributed by atoms with van der Waals surface area (Å²) in [5.41, 5.74) is -3.76. The molecule has 1 N–H and O–H groups in total. The van der Waals surface area contributed by atoms with Crippen LogP contribution in [0, 0.1) is 0 Å². The van der Waals surface area contributed by atoms with Gasteiger partial charge in [0, 0.05) is 66.9 Å². The van der Waals surface area contributed by atoms with Crippen LogP contribution in [0.2, 0.25) is 0 Å². The van der Waals surface area contributed by atoms with Crippen LogP contribution in [0.15, 0.2) is 52.3 Å². The number of urea groups is 1. The predicted molar refractivity (Wildman–Crippen MR) is 158 cm³/mol. The van der Waals surface area contributed by atoms with E-state index in [1.165, 1.54) is 11.0 Å². The zero-order valence-corrected chi connectivity index (χ0v) is 25.2. The summed E-state index contributed by atoms with van der Waals surface area (Å²) in [6.07, 6.45) is -5.60. The third kappa shape index (κ3) is 8.26. The van der Waals surface area contributed by atoms with Gasteiger partial charge in [0.1, 0.15) is 0 Å². The van der Waals surface area contributed by atoms with Crippen molar-refractivity contribution >= 4 is 35.5 Å². The van der Waals surface area contributed by atoms with Gasteiger partial charge in [-0.25, -0.2) is 4.79 Å². The van der Waals surface area contributed by atoms with E-state index in [0.717, 1.165) is 50.2 Å². The summed E-state index contributed by atoms with van der Waals surface area (Å²) in [5.74, 6) is -0.605. The number of piperidine rings is 1. The zero-order valence-electron chi connectivity index (χ0n) is 24.4. The van der Waals surface area contributed by atoms with Crippen molar-refractivity contribution in [3.8, 4) is 0 Å². The Hall–Kier alpha value is -3.39. The molecule has 0 saturated carbocycles. The number of morpholine rings is 1. The number of nitrogens with zero attached hydrogens (tertiary/aromatic N) is 3. The van der Waals surface area contributed by atoms with Crippen molar-refractivity contribution in [1.82, 2.24) is 14.7 Å². The second-order valence-corrected chi connectivity index (χ2v) is 12.3. The van der Waals surface area contributed by atoms with Crippen LogP contribution in [-0.2, 0) is 21.9 Å². The monoisotopic (exact) mass is 656 g/mol. The van der Waals surface area contributed by atoms with Crippen LogP contribution in [0.5, 0.6) is 0 Å². The predicted octanol–water partition coefficient (Wildman–Crippen LogP) is 6.84. The van der Waals surface area contributed by atoms with E-state index in [1.807, 2.05) is 9.80 Å². The number of hydrogen-bond acceptors (Lipinski definition) is 5. The average Bonchev–Trinajstić information content (AvgIpc) is 3.55. The first-order valence-corrected chi connectivity index (χ1v) is 15.7. The largest absolute Gasteiger partial charge is 0.418 e. The lowest BCUT2D eigenvalue weighted by molar-refractivity contribution is -0.163. The number of ether oxygens (including phenoxy) is 1. The Bertz CT molecular complexity index is 1400. The first-order valence-electron chi connectivity index (χ1n) is 14.8. The lowest BCUT2D eigenvalue weighted by Crippen LogP contribution is -2.47. The number of carbonyl (C=O) groups is 2. The van der Waals surface area contributed by atoms with Gasteiger partial charge >= 0.3 is 18.4 Å². The first-order chi connectivity index (χ1) is 21.4. The molecule has 45 heavy (non-hydrogen) atoms.